The molecule has 19 heavy (non-hydrogen) atoms. The molecule has 0 aliphatic heterocycles. The van der Waals surface area contributed by atoms with Gasteiger partial charge in [-0.05, 0) is 37.5 Å². The lowest BCUT2D eigenvalue weighted by molar-refractivity contribution is -0.128. The van der Waals surface area contributed by atoms with E-state index in [1.165, 1.54) is 19.3 Å². The number of rotatable bonds is 3. The van der Waals surface area contributed by atoms with E-state index in [1.807, 2.05) is 0 Å². The van der Waals surface area contributed by atoms with Crippen LogP contribution in [0.2, 0.25) is 0 Å². The molecule has 2 aliphatic rings. The summed E-state index contributed by atoms with van der Waals surface area (Å²) in [6.45, 7) is 0.490. The maximum Gasteiger partial charge on any atom is 0.223 e. The predicted octanol–water partition coefficient (Wildman–Crippen LogP) is 1.18. The third-order valence-electron chi connectivity index (χ3n) is 4.77. The second-order valence-electron chi connectivity index (χ2n) is 5.95. The topological polar surface area (TPSA) is 83.8 Å². The van der Waals surface area contributed by atoms with Crippen molar-refractivity contribution >= 4 is 5.91 Å². The van der Waals surface area contributed by atoms with Crippen LogP contribution in [-0.4, -0.2) is 21.9 Å². The lowest BCUT2D eigenvalue weighted by Crippen LogP contribution is -2.49. The minimum atomic E-state index is 0.144. The van der Waals surface area contributed by atoms with Crippen LogP contribution in [0.1, 0.15) is 37.9 Å². The van der Waals surface area contributed by atoms with E-state index in [9.17, 15) is 4.79 Å². The molecule has 4 N–H and O–H groups in total. The maximum atomic E-state index is 12.2. The third kappa shape index (κ3) is 2.66. The number of fused-ring (bicyclic) bond motifs is 2. The molecule has 0 saturated heterocycles. The van der Waals surface area contributed by atoms with Crippen molar-refractivity contribution in [2.75, 3.05) is 0 Å². The number of carbonyl (C=O) groups excluding carboxylic acids is 1. The monoisotopic (exact) mass is 262 g/mol. The first-order chi connectivity index (χ1) is 9.24. The molecule has 2 fully saturated rings. The molecule has 5 nitrogen and oxygen atoms in total. The third-order valence-corrected chi connectivity index (χ3v) is 4.77. The fraction of sp³-hybridized carbons (Fsp3) is 0.714. The van der Waals surface area contributed by atoms with Crippen LogP contribution in [0.15, 0.2) is 12.4 Å². The number of nitrogens with one attached hydrogen (secondary N) is 2. The number of aromatic nitrogens is 2. The van der Waals surface area contributed by atoms with Gasteiger partial charge in [0.2, 0.25) is 5.91 Å². The zero-order valence-corrected chi connectivity index (χ0v) is 11.1. The van der Waals surface area contributed by atoms with Crippen LogP contribution in [-0.2, 0) is 11.3 Å². The van der Waals surface area contributed by atoms with Gasteiger partial charge in [-0.15, -0.1) is 0 Å². The van der Waals surface area contributed by atoms with Crippen molar-refractivity contribution < 1.29 is 4.79 Å². The molecule has 1 aromatic heterocycles. The van der Waals surface area contributed by atoms with E-state index in [1.54, 1.807) is 12.4 Å². The van der Waals surface area contributed by atoms with Gasteiger partial charge in [-0.1, -0.05) is 6.42 Å². The Balaban J connectivity index is 1.56. The summed E-state index contributed by atoms with van der Waals surface area (Å²) in [5.74, 6) is 2.21. The van der Waals surface area contributed by atoms with E-state index in [4.69, 9.17) is 5.73 Å². The van der Waals surface area contributed by atoms with Gasteiger partial charge >= 0.3 is 0 Å². The summed E-state index contributed by atoms with van der Waals surface area (Å²) in [5, 5.41) is 2.99. The number of carbonyl (C=O) groups is 1. The van der Waals surface area contributed by atoms with Crippen LogP contribution in [0.25, 0.3) is 0 Å². The Morgan fingerprint density at radius 2 is 2.16 bits per heavy atom. The molecule has 0 aromatic carbocycles. The van der Waals surface area contributed by atoms with Crippen LogP contribution in [0.3, 0.4) is 0 Å². The quantitative estimate of drug-likeness (QED) is 0.764. The first-order valence-electron chi connectivity index (χ1n) is 7.25. The summed E-state index contributed by atoms with van der Waals surface area (Å²) in [6, 6.07) is 0.322. The molecular formula is C14H22N4O. The highest BCUT2D eigenvalue weighted by Gasteiger charge is 2.40. The maximum absolute atomic E-state index is 12.2. The predicted molar refractivity (Wildman–Crippen MR) is 72.0 cm³/mol. The van der Waals surface area contributed by atoms with Gasteiger partial charge in [-0.25, -0.2) is 4.98 Å². The average molecular weight is 262 g/mol. The molecule has 0 radical (unpaired) electrons. The van der Waals surface area contributed by atoms with E-state index in [0.717, 1.165) is 18.7 Å². The number of nitrogens with two attached hydrogens (primary N) is 1. The summed E-state index contributed by atoms with van der Waals surface area (Å²) in [6.07, 6.45) is 9.06. The molecule has 1 heterocycles. The highest BCUT2D eigenvalue weighted by molar-refractivity contribution is 5.78. The van der Waals surface area contributed by atoms with Gasteiger partial charge in [-0.3, -0.25) is 4.79 Å². The van der Waals surface area contributed by atoms with Crippen molar-refractivity contribution in [3.05, 3.63) is 18.2 Å². The van der Waals surface area contributed by atoms with Gasteiger partial charge in [0.05, 0.1) is 6.54 Å². The number of H-pyrrole nitrogens is 1. The summed E-state index contributed by atoms with van der Waals surface area (Å²) < 4.78 is 0. The number of imidazole rings is 1. The molecule has 5 heteroatoms. The molecule has 0 spiro atoms. The Kier molecular flexibility index (Phi) is 3.55. The van der Waals surface area contributed by atoms with Crippen molar-refractivity contribution in [3.8, 4) is 0 Å². The van der Waals surface area contributed by atoms with Gasteiger partial charge < -0.3 is 16.0 Å². The number of hydrogen-bond donors (Lipinski definition) is 3. The Hall–Kier alpha value is -1.36. The van der Waals surface area contributed by atoms with E-state index < -0.39 is 0 Å². The molecule has 3 rings (SSSR count). The van der Waals surface area contributed by atoms with Crippen LogP contribution in [0, 0.1) is 17.8 Å². The number of amides is 1. The summed E-state index contributed by atoms with van der Waals surface area (Å²) in [7, 11) is 0. The van der Waals surface area contributed by atoms with Crippen molar-refractivity contribution in [1.82, 2.24) is 15.3 Å². The first-order valence-corrected chi connectivity index (χ1v) is 7.25. The minimum Gasteiger partial charge on any atom is -0.349 e. The summed E-state index contributed by atoms with van der Waals surface area (Å²) in [5.41, 5.74) is 6.25. The highest BCUT2D eigenvalue weighted by Crippen LogP contribution is 2.41. The number of hydrogen-bond acceptors (Lipinski definition) is 3. The molecule has 2 unspecified atom stereocenters. The normalized spacial score (nSPS) is 33.9. The zero-order chi connectivity index (χ0) is 13.2. The van der Waals surface area contributed by atoms with E-state index in [0.29, 0.717) is 24.4 Å². The largest absolute Gasteiger partial charge is 0.349 e. The van der Waals surface area contributed by atoms with Crippen molar-refractivity contribution in [3.63, 3.8) is 0 Å². The molecule has 1 aromatic rings. The molecule has 2 saturated carbocycles. The van der Waals surface area contributed by atoms with Gasteiger partial charge in [0.25, 0.3) is 0 Å². The second kappa shape index (κ2) is 5.33. The summed E-state index contributed by atoms with van der Waals surface area (Å²) >= 11 is 0. The Morgan fingerprint density at radius 3 is 2.79 bits per heavy atom. The van der Waals surface area contributed by atoms with E-state index >= 15 is 0 Å². The Labute approximate surface area is 113 Å². The van der Waals surface area contributed by atoms with Crippen LogP contribution < -0.4 is 11.1 Å². The standard InChI is InChI=1S/C14H22N4O/c15-13-9-2-1-3-10(13)7-11(6-9)14(19)18-8-12-16-4-5-17-12/h4-5,9-11,13H,1-3,6-8,15H2,(H,16,17)(H,18,19). The van der Waals surface area contributed by atoms with Crippen molar-refractivity contribution in [1.29, 1.82) is 0 Å². The number of aromatic amines is 1. The molecular weight excluding hydrogens is 240 g/mol. The van der Waals surface area contributed by atoms with Crippen LogP contribution >= 0.6 is 0 Å². The number of nitrogens with zero attached hydrogens (tertiary/aromatic N) is 1. The first kappa shape index (κ1) is 12.7. The van der Waals surface area contributed by atoms with Gasteiger partial charge in [0.15, 0.2) is 0 Å². The lowest BCUT2D eigenvalue weighted by Gasteiger charge is -2.43. The molecule has 2 bridgehead atoms. The van der Waals surface area contributed by atoms with Gasteiger partial charge in [0.1, 0.15) is 5.82 Å². The Bertz CT molecular complexity index is 417. The van der Waals surface area contributed by atoms with E-state index in [2.05, 4.69) is 15.3 Å². The second-order valence-corrected chi connectivity index (χ2v) is 5.95. The van der Waals surface area contributed by atoms with Crippen LogP contribution in [0.5, 0.6) is 0 Å². The van der Waals surface area contributed by atoms with Gasteiger partial charge in [-0.2, -0.15) is 0 Å². The molecule has 2 aliphatic carbocycles. The van der Waals surface area contributed by atoms with Crippen LogP contribution in [0.4, 0.5) is 0 Å². The molecule has 104 valence electrons. The lowest BCUT2D eigenvalue weighted by atomic mass is 9.65. The zero-order valence-electron chi connectivity index (χ0n) is 11.1. The average Bonchev–Trinajstić information content (AvgIpc) is 2.88. The minimum absolute atomic E-state index is 0.144. The van der Waals surface area contributed by atoms with Gasteiger partial charge in [0, 0.05) is 24.4 Å². The fourth-order valence-corrected chi connectivity index (χ4v) is 3.71. The summed E-state index contributed by atoms with van der Waals surface area (Å²) in [4.78, 5) is 19.3. The molecule has 2 atom stereocenters. The van der Waals surface area contributed by atoms with Crippen molar-refractivity contribution in [2.45, 2.75) is 44.7 Å². The SMILES string of the molecule is NC1C2CCCC1CC(C(=O)NCc1ncc[nH]1)C2. The van der Waals surface area contributed by atoms with Crippen molar-refractivity contribution in [2.24, 2.45) is 23.5 Å². The highest BCUT2D eigenvalue weighted by atomic mass is 16.1. The fourth-order valence-electron chi connectivity index (χ4n) is 3.71. The molecule has 1 amide bonds. The Morgan fingerprint density at radius 1 is 1.42 bits per heavy atom. The smallest absolute Gasteiger partial charge is 0.223 e. The van der Waals surface area contributed by atoms with E-state index in [-0.39, 0.29) is 11.8 Å².